The second-order valence-corrected chi connectivity index (χ2v) is 6.40. The highest BCUT2D eigenvalue weighted by Crippen LogP contribution is 2.31. The van der Waals surface area contributed by atoms with Crippen LogP contribution in [-0.4, -0.2) is 39.6 Å². The molecule has 0 aliphatic carbocycles. The van der Waals surface area contributed by atoms with Crippen LogP contribution in [0.15, 0.2) is 18.3 Å². The third-order valence-electron chi connectivity index (χ3n) is 4.57. The number of rotatable bonds is 4. The van der Waals surface area contributed by atoms with E-state index in [0.29, 0.717) is 18.0 Å². The summed E-state index contributed by atoms with van der Waals surface area (Å²) >= 11 is 0. The molecule has 0 amide bonds. The molecule has 3 rings (SSSR count). The molecule has 1 atom stereocenters. The molecule has 24 heavy (non-hydrogen) atoms. The Hall–Kier alpha value is -2.39. The van der Waals surface area contributed by atoms with Gasteiger partial charge in [0.25, 0.3) is 0 Å². The van der Waals surface area contributed by atoms with E-state index in [0.717, 1.165) is 48.7 Å². The average molecular weight is 325 g/mol. The minimum absolute atomic E-state index is 0.0932. The largest absolute Gasteiger partial charge is 0.394 e. The van der Waals surface area contributed by atoms with Gasteiger partial charge in [-0.1, -0.05) is 0 Å². The maximum atomic E-state index is 9.51. The minimum atomic E-state index is 0.0932. The van der Waals surface area contributed by atoms with Crippen LogP contribution in [-0.2, 0) is 6.54 Å². The average Bonchev–Trinajstić information content (AvgIpc) is 3.03. The van der Waals surface area contributed by atoms with Crippen molar-refractivity contribution in [1.82, 2.24) is 14.8 Å². The highest BCUT2D eigenvalue weighted by Gasteiger charge is 2.26. The second kappa shape index (κ2) is 7.02. The molecule has 0 spiro atoms. The predicted molar refractivity (Wildman–Crippen MR) is 91.9 cm³/mol. The Balaban J connectivity index is 1.84. The molecule has 1 fully saturated rings. The molecule has 3 heterocycles. The molecule has 1 aliphatic heterocycles. The normalized spacial score (nSPS) is 17.8. The molecule has 0 saturated carbocycles. The molecule has 6 heteroatoms. The van der Waals surface area contributed by atoms with Gasteiger partial charge < -0.3 is 10.0 Å². The lowest BCUT2D eigenvalue weighted by molar-refractivity contribution is 0.268. The lowest BCUT2D eigenvalue weighted by Gasteiger charge is -2.33. The molecule has 1 N–H and O–H groups in total. The minimum Gasteiger partial charge on any atom is -0.394 e. The van der Waals surface area contributed by atoms with Crippen molar-refractivity contribution in [1.29, 1.82) is 5.26 Å². The summed E-state index contributed by atoms with van der Waals surface area (Å²) in [6.45, 7) is 6.28. The van der Waals surface area contributed by atoms with Gasteiger partial charge in [0, 0.05) is 30.9 Å². The molecule has 6 nitrogen and oxygen atoms in total. The summed E-state index contributed by atoms with van der Waals surface area (Å²) in [5.41, 5.74) is 3.65. The first kappa shape index (κ1) is 16.5. The molecule has 126 valence electrons. The number of aliphatic hydroxyl groups excluding tert-OH is 1. The van der Waals surface area contributed by atoms with E-state index in [1.807, 2.05) is 32.2 Å². The standard InChI is InChI=1S/C18H23N5O/c1-13-10-14(2)20-18(16(13)11-19)22-6-3-4-15(12-22)17-5-7-23(21-17)8-9-24/h5,7,10,15,24H,3-4,6,8-9,12H2,1-2H3/t15-/m0/s1. The lowest BCUT2D eigenvalue weighted by Crippen LogP contribution is -2.36. The Morgan fingerprint density at radius 2 is 2.25 bits per heavy atom. The van der Waals surface area contributed by atoms with E-state index >= 15 is 0 Å². The van der Waals surface area contributed by atoms with E-state index in [9.17, 15) is 5.26 Å². The third-order valence-corrected chi connectivity index (χ3v) is 4.57. The zero-order chi connectivity index (χ0) is 17.1. The van der Waals surface area contributed by atoms with Crippen LogP contribution in [0.3, 0.4) is 0 Å². The summed E-state index contributed by atoms with van der Waals surface area (Å²) in [6.07, 6.45) is 4.05. The van der Waals surface area contributed by atoms with Crippen molar-refractivity contribution >= 4 is 5.82 Å². The maximum Gasteiger partial charge on any atom is 0.147 e. The molecule has 0 radical (unpaired) electrons. The molecule has 0 aromatic carbocycles. The molecule has 0 bridgehead atoms. The third kappa shape index (κ3) is 3.26. The van der Waals surface area contributed by atoms with E-state index in [1.165, 1.54) is 0 Å². The van der Waals surface area contributed by atoms with Crippen LogP contribution in [0.4, 0.5) is 5.82 Å². The first-order valence-electron chi connectivity index (χ1n) is 8.40. The Morgan fingerprint density at radius 1 is 1.42 bits per heavy atom. The first-order chi connectivity index (χ1) is 11.6. The zero-order valence-corrected chi connectivity index (χ0v) is 14.2. The van der Waals surface area contributed by atoms with E-state index in [4.69, 9.17) is 5.11 Å². The van der Waals surface area contributed by atoms with Crippen molar-refractivity contribution in [3.8, 4) is 6.07 Å². The van der Waals surface area contributed by atoms with Gasteiger partial charge in [-0.25, -0.2) is 4.98 Å². The van der Waals surface area contributed by atoms with Gasteiger partial charge in [0.2, 0.25) is 0 Å². The summed E-state index contributed by atoms with van der Waals surface area (Å²) in [5.74, 6) is 1.13. The Bertz CT molecular complexity index is 761. The van der Waals surface area contributed by atoms with Gasteiger partial charge in [-0.15, -0.1) is 0 Å². The Labute approximate surface area is 142 Å². The molecule has 2 aromatic heterocycles. The summed E-state index contributed by atoms with van der Waals surface area (Å²) in [6, 6.07) is 6.30. The number of anilines is 1. The van der Waals surface area contributed by atoms with Crippen LogP contribution in [0.2, 0.25) is 0 Å². The van der Waals surface area contributed by atoms with Crippen LogP contribution in [0.5, 0.6) is 0 Å². The quantitative estimate of drug-likeness (QED) is 0.932. The Morgan fingerprint density at radius 3 is 3.00 bits per heavy atom. The molecular formula is C18H23N5O. The SMILES string of the molecule is Cc1cc(C)c(C#N)c(N2CCC[C@H](c3ccn(CCO)n3)C2)n1. The second-order valence-electron chi connectivity index (χ2n) is 6.40. The monoisotopic (exact) mass is 325 g/mol. The number of aryl methyl sites for hydroxylation is 2. The van der Waals surface area contributed by atoms with Crippen LogP contribution in [0, 0.1) is 25.2 Å². The number of hydrogen-bond donors (Lipinski definition) is 1. The number of nitriles is 1. The van der Waals surface area contributed by atoms with E-state index in [-0.39, 0.29) is 6.61 Å². The summed E-state index contributed by atoms with van der Waals surface area (Å²) in [4.78, 5) is 6.86. The number of pyridine rings is 1. The highest BCUT2D eigenvalue weighted by molar-refractivity contribution is 5.58. The number of aromatic nitrogens is 3. The van der Waals surface area contributed by atoms with Crippen LogP contribution in [0.25, 0.3) is 0 Å². The fraction of sp³-hybridized carbons (Fsp3) is 0.500. The van der Waals surface area contributed by atoms with E-state index in [1.54, 1.807) is 4.68 Å². The van der Waals surface area contributed by atoms with Crippen molar-refractivity contribution in [2.45, 2.75) is 39.2 Å². The fourth-order valence-corrected chi connectivity index (χ4v) is 3.42. The maximum absolute atomic E-state index is 9.51. The molecule has 0 unspecified atom stereocenters. The molecule has 2 aromatic rings. The van der Waals surface area contributed by atoms with Gasteiger partial charge in [0.05, 0.1) is 24.4 Å². The van der Waals surface area contributed by atoms with Crippen molar-refractivity contribution in [3.63, 3.8) is 0 Å². The zero-order valence-electron chi connectivity index (χ0n) is 14.2. The van der Waals surface area contributed by atoms with Gasteiger partial charge in [-0.3, -0.25) is 4.68 Å². The molecule has 1 aliphatic rings. The van der Waals surface area contributed by atoms with Crippen molar-refractivity contribution in [2.24, 2.45) is 0 Å². The number of aliphatic hydroxyl groups is 1. The van der Waals surface area contributed by atoms with Crippen molar-refractivity contribution < 1.29 is 5.11 Å². The topological polar surface area (TPSA) is 78.0 Å². The van der Waals surface area contributed by atoms with Crippen LogP contribution in [0.1, 0.15) is 41.3 Å². The molecular weight excluding hydrogens is 302 g/mol. The van der Waals surface area contributed by atoms with Crippen molar-refractivity contribution in [3.05, 3.63) is 40.8 Å². The van der Waals surface area contributed by atoms with Gasteiger partial charge in [-0.05, 0) is 44.4 Å². The lowest BCUT2D eigenvalue weighted by atomic mass is 9.94. The number of piperidine rings is 1. The van der Waals surface area contributed by atoms with E-state index in [2.05, 4.69) is 21.1 Å². The van der Waals surface area contributed by atoms with Crippen LogP contribution >= 0.6 is 0 Å². The van der Waals surface area contributed by atoms with Crippen LogP contribution < -0.4 is 4.90 Å². The predicted octanol–water partition coefficient (Wildman–Crippen LogP) is 2.14. The number of hydrogen-bond acceptors (Lipinski definition) is 5. The van der Waals surface area contributed by atoms with Crippen molar-refractivity contribution in [2.75, 3.05) is 24.6 Å². The van der Waals surface area contributed by atoms with Gasteiger partial charge in [0.15, 0.2) is 0 Å². The first-order valence-corrected chi connectivity index (χ1v) is 8.40. The van der Waals surface area contributed by atoms with Gasteiger partial charge >= 0.3 is 0 Å². The summed E-state index contributed by atoms with van der Waals surface area (Å²) in [7, 11) is 0. The molecule has 1 saturated heterocycles. The van der Waals surface area contributed by atoms with E-state index < -0.39 is 0 Å². The summed E-state index contributed by atoms with van der Waals surface area (Å²) in [5, 5.41) is 23.1. The van der Waals surface area contributed by atoms with Gasteiger partial charge in [-0.2, -0.15) is 10.4 Å². The highest BCUT2D eigenvalue weighted by atomic mass is 16.3. The summed E-state index contributed by atoms with van der Waals surface area (Å²) < 4.78 is 1.78. The van der Waals surface area contributed by atoms with Gasteiger partial charge in [0.1, 0.15) is 11.9 Å². The smallest absolute Gasteiger partial charge is 0.147 e. The Kier molecular flexibility index (Phi) is 4.81. The number of nitrogens with zero attached hydrogens (tertiary/aromatic N) is 5. The fourth-order valence-electron chi connectivity index (χ4n) is 3.42.